The van der Waals surface area contributed by atoms with Gasteiger partial charge < -0.3 is 10.4 Å². The van der Waals surface area contributed by atoms with Crippen molar-refractivity contribution in [1.29, 1.82) is 0 Å². The molecule has 0 bridgehead atoms. The SMILES string of the molecule is CC(C)[C@@H](NC(=O)c1ccn(C(C)C)n1)C(=O)O. The van der Waals surface area contributed by atoms with Crippen LogP contribution in [0.3, 0.4) is 0 Å². The van der Waals surface area contributed by atoms with Crippen LogP contribution < -0.4 is 5.32 Å². The van der Waals surface area contributed by atoms with E-state index in [2.05, 4.69) is 10.4 Å². The van der Waals surface area contributed by atoms with E-state index in [9.17, 15) is 9.59 Å². The molecule has 1 rings (SSSR count). The Kier molecular flexibility index (Phi) is 4.47. The van der Waals surface area contributed by atoms with Gasteiger partial charge in [-0.05, 0) is 25.8 Å². The average Bonchev–Trinajstić information content (AvgIpc) is 2.73. The summed E-state index contributed by atoms with van der Waals surface area (Å²) in [6.07, 6.45) is 1.70. The average molecular weight is 253 g/mol. The molecular formula is C12H19N3O3. The Morgan fingerprint density at radius 3 is 2.33 bits per heavy atom. The molecule has 6 nitrogen and oxygen atoms in total. The van der Waals surface area contributed by atoms with E-state index in [4.69, 9.17) is 5.11 Å². The first-order valence-corrected chi connectivity index (χ1v) is 5.91. The number of carboxylic acid groups (broad SMARTS) is 1. The first-order valence-electron chi connectivity index (χ1n) is 5.91. The predicted molar refractivity (Wildman–Crippen MR) is 66.3 cm³/mol. The summed E-state index contributed by atoms with van der Waals surface area (Å²) >= 11 is 0. The van der Waals surface area contributed by atoms with E-state index < -0.39 is 17.9 Å². The van der Waals surface area contributed by atoms with Crippen molar-refractivity contribution in [2.24, 2.45) is 5.92 Å². The van der Waals surface area contributed by atoms with Gasteiger partial charge in [-0.1, -0.05) is 13.8 Å². The Labute approximate surface area is 106 Å². The highest BCUT2D eigenvalue weighted by molar-refractivity contribution is 5.94. The van der Waals surface area contributed by atoms with Gasteiger partial charge in [0, 0.05) is 12.2 Å². The van der Waals surface area contributed by atoms with Gasteiger partial charge >= 0.3 is 5.97 Å². The van der Waals surface area contributed by atoms with Crippen molar-refractivity contribution in [3.8, 4) is 0 Å². The van der Waals surface area contributed by atoms with E-state index in [1.165, 1.54) is 0 Å². The Bertz CT molecular complexity index is 438. The molecule has 0 radical (unpaired) electrons. The monoisotopic (exact) mass is 253 g/mol. The van der Waals surface area contributed by atoms with Gasteiger partial charge in [-0.25, -0.2) is 4.79 Å². The van der Waals surface area contributed by atoms with Crippen molar-refractivity contribution in [1.82, 2.24) is 15.1 Å². The molecule has 1 atom stereocenters. The molecule has 0 saturated carbocycles. The van der Waals surface area contributed by atoms with Crippen LogP contribution in [-0.2, 0) is 4.79 Å². The summed E-state index contributed by atoms with van der Waals surface area (Å²) < 4.78 is 1.65. The lowest BCUT2D eigenvalue weighted by Crippen LogP contribution is -2.44. The third kappa shape index (κ3) is 3.32. The maximum absolute atomic E-state index is 11.8. The Balaban J connectivity index is 2.77. The van der Waals surface area contributed by atoms with E-state index in [1.807, 2.05) is 13.8 Å². The molecule has 1 heterocycles. The minimum atomic E-state index is -1.04. The van der Waals surface area contributed by atoms with Crippen LogP contribution >= 0.6 is 0 Å². The Morgan fingerprint density at radius 1 is 1.33 bits per heavy atom. The van der Waals surface area contributed by atoms with Crippen LogP contribution in [0.1, 0.15) is 44.2 Å². The number of carbonyl (C=O) groups excluding carboxylic acids is 1. The summed E-state index contributed by atoms with van der Waals surface area (Å²) in [4.78, 5) is 22.8. The van der Waals surface area contributed by atoms with Crippen molar-refractivity contribution < 1.29 is 14.7 Å². The van der Waals surface area contributed by atoms with Crippen molar-refractivity contribution in [2.45, 2.75) is 39.8 Å². The summed E-state index contributed by atoms with van der Waals surface area (Å²) in [5.41, 5.74) is 0.232. The van der Waals surface area contributed by atoms with E-state index in [0.717, 1.165) is 0 Å². The summed E-state index contributed by atoms with van der Waals surface area (Å²) in [5, 5.41) is 15.6. The van der Waals surface area contributed by atoms with Gasteiger partial charge in [-0.3, -0.25) is 9.48 Å². The highest BCUT2D eigenvalue weighted by atomic mass is 16.4. The molecule has 0 unspecified atom stereocenters. The number of amides is 1. The standard InChI is InChI=1S/C12H19N3O3/c1-7(2)10(12(17)18)13-11(16)9-5-6-15(14-9)8(3)4/h5-8,10H,1-4H3,(H,13,16)(H,17,18)/t10-/m1/s1. The Morgan fingerprint density at radius 2 is 1.94 bits per heavy atom. The van der Waals surface area contributed by atoms with Gasteiger partial charge in [-0.2, -0.15) is 5.10 Å². The molecule has 0 spiro atoms. The van der Waals surface area contributed by atoms with Crippen LogP contribution in [0, 0.1) is 5.92 Å². The highest BCUT2D eigenvalue weighted by Crippen LogP contribution is 2.06. The van der Waals surface area contributed by atoms with Crippen LogP contribution in [0.25, 0.3) is 0 Å². The maximum Gasteiger partial charge on any atom is 0.326 e. The molecule has 0 saturated heterocycles. The van der Waals surface area contributed by atoms with Crippen LogP contribution in [0.5, 0.6) is 0 Å². The fourth-order valence-corrected chi connectivity index (χ4v) is 1.48. The molecule has 0 fully saturated rings. The summed E-state index contributed by atoms with van der Waals surface area (Å²) in [6, 6.07) is 0.836. The minimum Gasteiger partial charge on any atom is -0.480 e. The number of nitrogens with one attached hydrogen (secondary N) is 1. The lowest BCUT2D eigenvalue weighted by atomic mass is 10.0. The third-order valence-corrected chi connectivity index (χ3v) is 2.59. The Hall–Kier alpha value is -1.85. The molecule has 0 aliphatic rings. The largest absolute Gasteiger partial charge is 0.480 e. The van der Waals surface area contributed by atoms with Crippen molar-refractivity contribution in [3.63, 3.8) is 0 Å². The van der Waals surface area contributed by atoms with Crippen LogP contribution in [0.2, 0.25) is 0 Å². The van der Waals surface area contributed by atoms with Gasteiger partial charge in [0.05, 0.1) is 0 Å². The van der Waals surface area contributed by atoms with Gasteiger partial charge in [0.2, 0.25) is 0 Å². The number of hydrogen-bond donors (Lipinski definition) is 2. The molecule has 0 aliphatic heterocycles. The van der Waals surface area contributed by atoms with Crippen LogP contribution in [-0.4, -0.2) is 32.8 Å². The summed E-state index contributed by atoms with van der Waals surface area (Å²) in [7, 11) is 0. The van der Waals surface area contributed by atoms with Gasteiger partial charge in [0.15, 0.2) is 0 Å². The lowest BCUT2D eigenvalue weighted by molar-refractivity contribution is -0.140. The quantitative estimate of drug-likeness (QED) is 0.828. The smallest absolute Gasteiger partial charge is 0.326 e. The second-order valence-corrected chi connectivity index (χ2v) is 4.81. The third-order valence-electron chi connectivity index (χ3n) is 2.59. The first kappa shape index (κ1) is 14.2. The highest BCUT2D eigenvalue weighted by Gasteiger charge is 2.24. The van der Waals surface area contributed by atoms with Crippen molar-refractivity contribution in [3.05, 3.63) is 18.0 Å². The zero-order valence-electron chi connectivity index (χ0n) is 11.0. The molecule has 0 aliphatic carbocycles. The first-order chi connectivity index (χ1) is 8.32. The molecule has 2 N–H and O–H groups in total. The number of carboxylic acids is 1. The normalized spacial score (nSPS) is 12.8. The summed E-state index contributed by atoms with van der Waals surface area (Å²) in [5.74, 6) is -1.68. The lowest BCUT2D eigenvalue weighted by Gasteiger charge is -2.17. The van der Waals surface area contributed by atoms with Crippen molar-refractivity contribution in [2.75, 3.05) is 0 Å². The molecule has 0 aromatic carbocycles. The predicted octanol–water partition coefficient (Wildman–Crippen LogP) is 1.30. The number of nitrogens with zero attached hydrogens (tertiary/aromatic N) is 2. The van der Waals surface area contributed by atoms with Gasteiger partial charge in [0.25, 0.3) is 5.91 Å². The topological polar surface area (TPSA) is 84.2 Å². The fraction of sp³-hybridized carbons (Fsp3) is 0.583. The number of aromatic nitrogens is 2. The molecule has 18 heavy (non-hydrogen) atoms. The zero-order chi connectivity index (χ0) is 13.9. The molecule has 1 aromatic rings. The second kappa shape index (κ2) is 5.66. The van der Waals surface area contributed by atoms with E-state index in [0.29, 0.717) is 0 Å². The zero-order valence-corrected chi connectivity index (χ0v) is 11.0. The maximum atomic E-state index is 11.8. The fourth-order valence-electron chi connectivity index (χ4n) is 1.48. The van der Waals surface area contributed by atoms with E-state index >= 15 is 0 Å². The van der Waals surface area contributed by atoms with Gasteiger partial charge in [0.1, 0.15) is 11.7 Å². The number of rotatable bonds is 5. The molecule has 6 heteroatoms. The van der Waals surface area contributed by atoms with E-state index in [1.54, 1.807) is 30.8 Å². The second-order valence-electron chi connectivity index (χ2n) is 4.81. The number of aliphatic carboxylic acids is 1. The molecule has 100 valence electrons. The van der Waals surface area contributed by atoms with E-state index in [-0.39, 0.29) is 17.7 Å². The minimum absolute atomic E-state index is 0.159. The molecular weight excluding hydrogens is 234 g/mol. The van der Waals surface area contributed by atoms with Crippen LogP contribution in [0.15, 0.2) is 12.3 Å². The van der Waals surface area contributed by atoms with Crippen molar-refractivity contribution >= 4 is 11.9 Å². The van der Waals surface area contributed by atoms with Gasteiger partial charge in [-0.15, -0.1) is 0 Å². The molecule has 1 aromatic heterocycles. The van der Waals surface area contributed by atoms with Crippen LogP contribution in [0.4, 0.5) is 0 Å². The number of carbonyl (C=O) groups is 2. The molecule has 1 amide bonds. The number of hydrogen-bond acceptors (Lipinski definition) is 3. The summed E-state index contributed by atoms with van der Waals surface area (Å²) in [6.45, 7) is 7.38.